The first-order valence-corrected chi connectivity index (χ1v) is 6.41. The molecule has 0 amide bonds. The Labute approximate surface area is 107 Å². The number of aryl methyl sites for hydroxylation is 1. The fourth-order valence-electron chi connectivity index (χ4n) is 2.60. The van der Waals surface area contributed by atoms with Crippen LogP contribution in [0.3, 0.4) is 0 Å². The van der Waals surface area contributed by atoms with Crippen molar-refractivity contribution in [1.29, 1.82) is 0 Å². The molecule has 2 rings (SSSR count). The largest absolute Gasteiger partial charge is 0.484 e. The first-order valence-electron chi connectivity index (χ1n) is 6.41. The lowest BCUT2D eigenvalue weighted by Gasteiger charge is -2.30. The predicted octanol–water partition coefficient (Wildman–Crippen LogP) is 2.33. The Morgan fingerprint density at radius 3 is 2.83 bits per heavy atom. The third kappa shape index (κ3) is 2.05. The molecule has 1 aromatic rings. The predicted molar refractivity (Wildman–Crippen MR) is 69.4 cm³/mol. The summed E-state index contributed by atoms with van der Waals surface area (Å²) in [6.07, 6.45) is 3.99. The highest BCUT2D eigenvalue weighted by Gasteiger charge is 2.30. The van der Waals surface area contributed by atoms with E-state index in [1.54, 1.807) is 17.8 Å². The lowest BCUT2D eigenvalue weighted by atomic mass is 9.95. The molecule has 0 saturated carbocycles. The van der Waals surface area contributed by atoms with Crippen LogP contribution in [-0.4, -0.2) is 28.3 Å². The SMILES string of the molecule is CCC(CC)C1CNc2c(cn(C)c2C(=O)O)O1. The van der Waals surface area contributed by atoms with Gasteiger partial charge in [-0.3, -0.25) is 0 Å². The molecule has 1 aliphatic heterocycles. The zero-order valence-corrected chi connectivity index (χ0v) is 11.1. The van der Waals surface area contributed by atoms with Crippen LogP contribution in [0.15, 0.2) is 6.20 Å². The van der Waals surface area contributed by atoms with Crippen LogP contribution >= 0.6 is 0 Å². The van der Waals surface area contributed by atoms with Gasteiger partial charge in [-0.05, 0) is 18.8 Å². The van der Waals surface area contributed by atoms with Crippen LogP contribution in [0.2, 0.25) is 0 Å². The quantitative estimate of drug-likeness (QED) is 0.863. The van der Waals surface area contributed by atoms with E-state index in [0.29, 0.717) is 23.9 Å². The van der Waals surface area contributed by atoms with E-state index in [1.165, 1.54) is 0 Å². The number of nitrogens with zero attached hydrogens (tertiary/aromatic N) is 1. The van der Waals surface area contributed by atoms with Gasteiger partial charge in [0.25, 0.3) is 0 Å². The van der Waals surface area contributed by atoms with Crippen molar-refractivity contribution in [1.82, 2.24) is 4.57 Å². The molecule has 2 heterocycles. The van der Waals surface area contributed by atoms with Crippen molar-refractivity contribution in [3.8, 4) is 5.75 Å². The molecule has 1 unspecified atom stereocenters. The number of anilines is 1. The third-order valence-corrected chi connectivity index (χ3v) is 3.68. The third-order valence-electron chi connectivity index (χ3n) is 3.68. The highest BCUT2D eigenvalue weighted by atomic mass is 16.5. The van der Waals surface area contributed by atoms with Crippen LogP contribution < -0.4 is 10.1 Å². The van der Waals surface area contributed by atoms with Crippen LogP contribution in [-0.2, 0) is 7.05 Å². The number of rotatable bonds is 4. The molecule has 2 N–H and O–H groups in total. The van der Waals surface area contributed by atoms with Crippen LogP contribution in [0, 0.1) is 5.92 Å². The minimum Gasteiger partial charge on any atom is -0.484 e. The van der Waals surface area contributed by atoms with Crippen molar-refractivity contribution in [3.63, 3.8) is 0 Å². The van der Waals surface area contributed by atoms with Crippen molar-refractivity contribution in [2.75, 3.05) is 11.9 Å². The fourth-order valence-corrected chi connectivity index (χ4v) is 2.60. The molecule has 1 aromatic heterocycles. The Morgan fingerprint density at radius 1 is 1.61 bits per heavy atom. The van der Waals surface area contributed by atoms with Gasteiger partial charge >= 0.3 is 5.97 Å². The number of ether oxygens (including phenoxy) is 1. The lowest BCUT2D eigenvalue weighted by Crippen LogP contribution is -2.36. The van der Waals surface area contributed by atoms with Gasteiger partial charge in [-0.2, -0.15) is 0 Å². The molecule has 0 spiro atoms. The molecule has 0 saturated heterocycles. The number of hydrogen-bond acceptors (Lipinski definition) is 3. The van der Waals surface area contributed by atoms with E-state index >= 15 is 0 Å². The van der Waals surface area contributed by atoms with Gasteiger partial charge in [0, 0.05) is 13.2 Å². The minimum absolute atomic E-state index is 0.122. The molecule has 5 heteroatoms. The van der Waals surface area contributed by atoms with Crippen LogP contribution in [0.25, 0.3) is 0 Å². The molecular weight excluding hydrogens is 232 g/mol. The Morgan fingerprint density at radius 2 is 2.28 bits per heavy atom. The average Bonchev–Trinajstić information content (AvgIpc) is 2.65. The smallest absolute Gasteiger partial charge is 0.354 e. The number of carboxylic acids is 1. The standard InChI is InChI=1S/C13H20N2O3/c1-4-8(5-2)9-6-14-11-10(18-9)7-15(3)12(11)13(16)17/h7-9,14H,4-6H2,1-3H3,(H,16,17). The number of nitrogens with one attached hydrogen (secondary N) is 1. The number of carboxylic acid groups (broad SMARTS) is 1. The average molecular weight is 252 g/mol. The van der Waals surface area contributed by atoms with Gasteiger partial charge in [-0.25, -0.2) is 4.79 Å². The Bertz CT molecular complexity index is 449. The molecule has 0 aliphatic carbocycles. The summed E-state index contributed by atoms with van der Waals surface area (Å²) in [4.78, 5) is 11.2. The summed E-state index contributed by atoms with van der Waals surface area (Å²) >= 11 is 0. The molecule has 18 heavy (non-hydrogen) atoms. The zero-order chi connectivity index (χ0) is 13.3. The van der Waals surface area contributed by atoms with Crippen molar-refractivity contribution >= 4 is 11.7 Å². The van der Waals surface area contributed by atoms with Crippen LogP contribution in [0.5, 0.6) is 5.75 Å². The van der Waals surface area contributed by atoms with Crippen molar-refractivity contribution < 1.29 is 14.6 Å². The lowest BCUT2D eigenvalue weighted by molar-refractivity contribution is 0.0686. The van der Waals surface area contributed by atoms with Crippen molar-refractivity contribution in [2.45, 2.75) is 32.8 Å². The maximum atomic E-state index is 11.2. The molecular formula is C13H20N2O3. The van der Waals surface area contributed by atoms with Gasteiger partial charge in [0.1, 0.15) is 11.8 Å². The van der Waals surface area contributed by atoms with E-state index in [2.05, 4.69) is 19.2 Å². The van der Waals surface area contributed by atoms with E-state index in [1.807, 2.05) is 0 Å². The van der Waals surface area contributed by atoms with Gasteiger partial charge < -0.3 is 19.7 Å². The van der Waals surface area contributed by atoms with E-state index in [0.717, 1.165) is 12.8 Å². The van der Waals surface area contributed by atoms with Crippen molar-refractivity contribution in [2.24, 2.45) is 13.0 Å². The van der Waals surface area contributed by atoms with Gasteiger partial charge in [-0.15, -0.1) is 0 Å². The second-order valence-corrected chi connectivity index (χ2v) is 4.75. The van der Waals surface area contributed by atoms with Gasteiger partial charge in [0.2, 0.25) is 0 Å². The highest BCUT2D eigenvalue weighted by Crippen LogP contribution is 2.36. The van der Waals surface area contributed by atoms with E-state index in [-0.39, 0.29) is 11.8 Å². The van der Waals surface area contributed by atoms with E-state index in [4.69, 9.17) is 9.84 Å². The summed E-state index contributed by atoms with van der Waals surface area (Å²) < 4.78 is 7.53. The van der Waals surface area contributed by atoms with E-state index in [9.17, 15) is 4.79 Å². The second kappa shape index (κ2) is 4.92. The second-order valence-electron chi connectivity index (χ2n) is 4.75. The monoisotopic (exact) mass is 252 g/mol. The van der Waals surface area contributed by atoms with Gasteiger partial charge in [0.15, 0.2) is 11.4 Å². The van der Waals surface area contributed by atoms with Crippen LogP contribution in [0.4, 0.5) is 5.69 Å². The maximum Gasteiger partial charge on any atom is 0.354 e. The Balaban J connectivity index is 2.26. The van der Waals surface area contributed by atoms with Crippen LogP contribution in [0.1, 0.15) is 37.2 Å². The topological polar surface area (TPSA) is 63.5 Å². The van der Waals surface area contributed by atoms with Gasteiger partial charge in [0.05, 0.1) is 6.54 Å². The molecule has 100 valence electrons. The molecule has 1 aliphatic rings. The summed E-state index contributed by atoms with van der Waals surface area (Å²) in [6, 6.07) is 0. The summed E-state index contributed by atoms with van der Waals surface area (Å²) in [7, 11) is 1.72. The van der Waals surface area contributed by atoms with Gasteiger partial charge in [-0.1, -0.05) is 13.8 Å². The molecule has 0 radical (unpaired) electrons. The fraction of sp³-hybridized carbons (Fsp3) is 0.615. The number of aromatic carboxylic acids is 1. The van der Waals surface area contributed by atoms with E-state index < -0.39 is 5.97 Å². The number of carbonyl (C=O) groups is 1. The summed E-state index contributed by atoms with van der Waals surface area (Å²) in [6.45, 7) is 4.98. The zero-order valence-electron chi connectivity index (χ0n) is 11.1. The number of aromatic nitrogens is 1. The highest BCUT2D eigenvalue weighted by molar-refractivity contribution is 5.95. The Hall–Kier alpha value is -1.65. The minimum atomic E-state index is -0.934. The summed E-state index contributed by atoms with van der Waals surface area (Å²) in [5, 5.41) is 12.4. The molecule has 0 aromatic carbocycles. The Kier molecular flexibility index (Phi) is 3.50. The van der Waals surface area contributed by atoms with Crippen molar-refractivity contribution in [3.05, 3.63) is 11.9 Å². The first kappa shape index (κ1) is 12.8. The normalized spacial score (nSPS) is 18.1. The maximum absolute atomic E-state index is 11.2. The first-order chi connectivity index (χ1) is 8.58. The molecule has 5 nitrogen and oxygen atoms in total. The summed E-state index contributed by atoms with van der Waals surface area (Å²) in [5.74, 6) is 0.216. The molecule has 1 atom stereocenters. The molecule has 0 fully saturated rings. The molecule has 0 bridgehead atoms. The number of fused-ring (bicyclic) bond motifs is 1. The summed E-state index contributed by atoms with van der Waals surface area (Å²) in [5.41, 5.74) is 0.861. The number of hydrogen-bond donors (Lipinski definition) is 2.